The Morgan fingerprint density at radius 1 is 1.17 bits per heavy atom. The van der Waals surface area contributed by atoms with E-state index in [-0.39, 0.29) is 11.0 Å². The van der Waals surface area contributed by atoms with Crippen molar-refractivity contribution < 1.29 is 4.79 Å². The SMILES string of the molecule is Nn1cc(C(=O)n2ccnc2)c(=O)c2ccc3cccnc3c21. The zero-order valence-electron chi connectivity index (χ0n) is 11.9. The molecule has 23 heavy (non-hydrogen) atoms. The molecule has 0 saturated heterocycles. The monoisotopic (exact) mass is 305 g/mol. The van der Waals surface area contributed by atoms with Gasteiger partial charge in [0.1, 0.15) is 11.9 Å². The minimum atomic E-state index is -0.477. The number of pyridine rings is 2. The van der Waals surface area contributed by atoms with E-state index in [4.69, 9.17) is 5.84 Å². The lowest BCUT2D eigenvalue weighted by Crippen LogP contribution is -2.25. The van der Waals surface area contributed by atoms with E-state index in [1.807, 2.05) is 12.1 Å². The summed E-state index contributed by atoms with van der Waals surface area (Å²) in [5.74, 6) is 5.57. The number of hydrogen-bond acceptors (Lipinski definition) is 5. The van der Waals surface area contributed by atoms with Gasteiger partial charge in [0.25, 0.3) is 5.91 Å². The average molecular weight is 305 g/mol. The van der Waals surface area contributed by atoms with Crippen LogP contribution in [0.1, 0.15) is 10.4 Å². The van der Waals surface area contributed by atoms with Crippen LogP contribution >= 0.6 is 0 Å². The number of carbonyl (C=O) groups excluding carboxylic acids is 1. The van der Waals surface area contributed by atoms with Crippen LogP contribution in [0.2, 0.25) is 0 Å². The molecule has 0 unspecified atom stereocenters. The number of carbonyl (C=O) groups is 1. The predicted molar refractivity (Wildman–Crippen MR) is 85.6 cm³/mol. The van der Waals surface area contributed by atoms with E-state index in [1.54, 1.807) is 18.3 Å². The molecule has 0 aliphatic carbocycles. The van der Waals surface area contributed by atoms with Gasteiger partial charge in [-0.2, -0.15) is 0 Å². The second-order valence-electron chi connectivity index (χ2n) is 5.09. The van der Waals surface area contributed by atoms with Crippen molar-refractivity contribution in [3.05, 3.63) is 71.2 Å². The number of nitrogens with zero attached hydrogens (tertiary/aromatic N) is 4. The molecular formula is C16H11N5O2. The summed E-state index contributed by atoms with van der Waals surface area (Å²) < 4.78 is 2.51. The van der Waals surface area contributed by atoms with Crippen molar-refractivity contribution in [2.24, 2.45) is 0 Å². The third-order valence-corrected chi connectivity index (χ3v) is 3.73. The molecule has 0 radical (unpaired) electrons. The van der Waals surface area contributed by atoms with Crippen LogP contribution in [0.3, 0.4) is 0 Å². The van der Waals surface area contributed by atoms with Crippen molar-refractivity contribution in [2.45, 2.75) is 0 Å². The van der Waals surface area contributed by atoms with E-state index in [9.17, 15) is 9.59 Å². The maximum absolute atomic E-state index is 12.7. The van der Waals surface area contributed by atoms with Crippen LogP contribution in [0, 0.1) is 0 Å². The molecule has 3 heterocycles. The van der Waals surface area contributed by atoms with Crippen LogP contribution in [-0.2, 0) is 0 Å². The highest BCUT2D eigenvalue weighted by molar-refractivity contribution is 6.06. The lowest BCUT2D eigenvalue weighted by Gasteiger charge is -2.10. The van der Waals surface area contributed by atoms with E-state index < -0.39 is 5.91 Å². The van der Waals surface area contributed by atoms with Crippen molar-refractivity contribution in [1.82, 2.24) is 19.2 Å². The van der Waals surface area contributed by atoms with Crippen molar-refractivity contribution in [3.8, 4) is 0 Å². The van der Waals surface area contributed by atoms with E-state index in [0.717, 1.165) is 5.39 Å². The zero-order chi connectivity index (χ0) is 16.0. The molecule has 1 aromatic carbocycles. The number of imidazole rings is 1. The summed E-state index contributed by atoms with van der Waals surface area (Å²) in [6.45, 7) is 0. The molecule has 0 atom stereocenters. The Bertz CT molecular complexity index is 1110. The van der Waals surface area contributed by atoms with Gasteiger partial charge in [0.15, 0.2) is 0 Å². The summed E-state index contributed by atoms with van der Waals surface area (Å²) >= 11 is 0. The quantitative estimate of drug-likeness (QED) is 0.420. The first-order valence-corrected chi connectivity index (χ1v) is 6.87. The van der Waals surface area contributed by atoms with Crippen molar-refractivity contribution >= 4 is 27.7 Å². The Morgan fingerprint density at radius 2 is 2.04 bits per heavy atom. The number of benzene rings is 1. The molecule has 2 N–H and O–H groups in total. The van der Waals surface area contributed by atoms with Crippen molar-refractivity contribution in [1.29, 1.82) is 0 Å². The molecule has 7 heteroatoms. The van der Waals surface area contributed by atoms with Gasteiger partial charge < -0.3 is 5.84 Å². The van der Waals surface area contributed by atoms with Gasteiger partial charge in [-0.05, 0) is 12.1 Å². The van der Waals surface area contributed by atoms with Crippen molar-refractivity contribution in [3.63, 3.8) is 0 Å². The molecule has 0 aliphatic heterocycles. The maximum Gasteiger partial charge on any atom is 0.268 e. The average Bonchev–Trinajstić information content (AvgIpc) is 3.11. The first-order valence-electron chi connectivity index (χ1n) is 6.87. The predicted octanol–water partition coefficient (Wildman–Crippen LogP) is 1.15. The summed E-state index contributed by atoms with van der Waals surface area (Å²) in [6, 6.07) is 7.15. The number of aromatic nitrogens is 4. The Kier molecular flexibility index (Phi) is 2.74. The number of nitrogens with two attached hydrogens (primary N) is 1. The summed E-state index contributed by atoms with van der Waals surface area (Å²) in [4.78, 5) is 33.2. The number of nitrogen functional groups attached to an aromatic ring is 1. The molecular weight excluding hydrogens is 294 g/mol. The molecule has 4 rings (SSSR count). The smallest absolute Gasteiger partial charge is 0.268 e. The first kappa shape index (κ1) is 13.2. The van der Waals surface area contributed by atoms with Gasteiger partial charge in [-0.3, -0.25) is 23.8 Å². The van der Waals surface area contributed by atoms with Gasteiger partial charge in [0.05, 0.1) is 16.4 Å². The van der Waals surface area contributed by atoms with Gasteiger partial charge >= 0.3 is 0 Å². The van der Waals surface area contributed by atoms with Crippen molar-refractivity contribution in [2.75, 3.05) is 5.84 Å². The van der Waals surface area contributed by atoms with Crippen LogP contribution in [-0.4, -0.2) is 25.1 Å². The third-order valence-electron chi connectivity index (χ3n) is 3.73. The summed E-state index contributed by atoms with van der Waals surface area (Å²) in [5.41, 5.74) is 0.711. The highest BCUT2D eigenvalue weighted by atomic mass is 16.2. The lowest BCUT2D eigenvalue weighted by molar-refractivity contribution is 0.0958. The second-order valence-corrected chi connectivity index (χ2v) is 5.09. The van der Waals surface area contributed by atoms with E-state index >= 15 is 0 Å². The van der Waals surface area contributed by atoms with Gasteiger partial charge in [-0.1, -0.05) is 12.1 Å². The molecule has 7 nitrogen and oxygen atoms in total. The molecule has 112 valence electrons. The fourth-order valence-electron chi connectivity index (χ4n) is 2.65. The molecule has 0 saturated carbocycles. The van der Waals surface area contributed by atoms with Gasteiger partial charge in [0, 0.05) is 30.2 Å². The Morgan fingerprint density at radius 3 is 2.83 bits per heavy atom. The van der Waals surface area contributed by atoms with Crippen LogP contribution in [0.5, 0.6) is 0 Å². The molecule has 0 aliphatic rings. The van der Waals surface area contributed by atoms with E-state index in [2.05, 4.69) is 9.97 Å². The standard InChI is InChI=1S/C16H11N5O2/c17-21-8-12(16(23)20-7-6-18-9-20)15(22)11-4-3-10-2-1-5-19-13(10)14(11)21/h1-9H,17H2. The minimum absolute atomic E-state index is 0.0201. The van der Waals surface area contributed by atoms with Gasteiger partial charge in [-0.15, -0.1) is 0 Å². The first-order chi connectivity index (χ1) is 11.2. The molecule has 4 aromatic rings. The minimum Gasteiger partial charge on any atom is -0.339 e. The Balaban J connectivity index is 2.07. The summed E-state index contributed by atoms with van der Waals surface area (Å²) in [5, 5.41) is 1.22. The maximum atomic E-state index is 12.7. The topological polar surface area (TPSA) is 95.8 Å². The Hall–Kier alpha value is -3.48. The summed E-state index contributed by atoms with van der Waals surface area (Å²) in [6.07, 6.45) is 7.26. The number of hydrogen-bond donors (Lipinski definition) is 1. The van der Waals surface area contributed by atoms with Crippen LogP contribution in [0.25, 0.3) is 21.8 Å². The van der Waals surface area contributed by atoms with Crippen LogP contribution in [0.15, 0.2) is 60.2 Å². The zero-order valence-corrected chi connectivity index (χ0v) is 11.9. The number of rotatable bonds is 1. The Labute approximate surface area is 129 Å². The summed E-state index contributed by atoms with van der Waals surface area (Å²) in [7, 11) is 0. The van der Waals surface area contributed by atoms with Gasteiger partial charge in [0.2, 0.25) is 5.43 Å². The molecule has 0 amide bonds. The highest BCUT2D eigenvalue weighted by Gasteiger charge is 2.17. The van der Waals surface area contributed by atoms with E-state index in [0.29, 0.717) is 16.4 Å². The lowest BCUT2D eigenvalue weighted by atomic mass is 10.1. The second kappa shape index (κ2) is 4.77. The number of fused-ring (bicyclic) bond motifs is 3. The van der Waals surface area contributed by atoms with Gasteiger partial charge in [-0.25, -0.2) is 4.98 Å². The molecule has 0 fully saturated rings. The normalized spacial score (nSPS) is 11.1. The fraction of sp³-hybridized carbons (Fsp3) is 0. The molecule has 3 aromatic heterocycles. The molecule has 0 spiro atoms. The fourth-order valence-corrected chi connectivity index (χ4v) is 2.65. The highest BCUT2D eigenvalue weighted by Crippen LogP contribution is 2.21. The molecule has 0 bridgehead atoms. The van der Waals surface area contributed by atoms with E-state index in [1.165, 1.54) is 34.2 Å². The largest absolute Gasteiger partial charge is 0.339 e. The van der Waals surface area contributed by atoms with Crippen LogP contribution in [0.4, 0.5) is 0 Å². The third kappa shape index (κ3) is 1.90. The van der Waals surface area contributed by atoms with Crippen LogP contribution < -0.4 is 11.3 Å².